The van der Waals surface area contributed by atoms with E-state index in [1.807, 2.05) is 43.1 Å². The molecular weight excluding hydrogens is 188 g/mol. The molecule has 2 aromatic heterocycles. The summed E-state index contributed by atoms with van der Waals surface area (Å²) >= 11 is 0. The van der Waals surface area contributed by atoms with Gasteiger partial charge in [-0.1, -0.05) is 0 Å². The van der Waals surface area contributed by atoms with Crippen molar-refractivity contribution in [2.45, 2.75) is 33.6 Å². The normalized spacial score (nSPS) is 10.8. The summed E-state index contributed by atoms with van der Waals surface area (Å²) in [5, 5.41) is 0. The summed E-state index contributed by atoms with van der Waals surface area (Å²) in [4.78, 5) is 0. The minimum absolute atomic E-state index is 0.764. The van der Waals surface area contributed by atoms with Crippen LogP contribution in [0, 0.1) is 12.7 Å². The van der Waals surface area contributed by atoms with E-state index < -0.39 is 0 Å². The van der Waals surface area contributed by atoms with E-state index in [9.17, 15) is 0 Å². The molecule has 0 unspecified atom stereocenters. The monoisotopic (exact) mass is 204 g/mol. The number of rotatable bonds is 4. The Morgan fingerprint density at radius 2 is 1.40 bits per heavy atom. The van der Waals surface area contributed by atoms with Gasteiger partial charge in [0.1, 0.15) is 0 Å². The van der Waals surface area contributed by atoms with Gasteiger partial charge in [0, 0.05) is 0 Å². The number of aryl methyl sites for hydroxylation is 2. The Bertz CT molecular complexity index is 387. The summed E-state index contributed by atoms with van der Waals surface area (Å²) in [5.41, 5.74) is 0. The van der Waals surface area contributed by atoms with Crippen LogP contribution in [0.25, 0.3) is 0 Å². The predicted molar refractivity (Wildman–Crippen MR) is 53.7 cm³/mol. The van der Waals surface area contributed by atoms with Crippen LogP contribution >= 0.6 is 0 Å². The van der Waals surface area contributed by atoms with Gasteiger partial charge in [-0.05, 0) is 38.6 Å². The molecule has 0 saturated heterocycles. The van der Waals surface area contributed by atoms with E-state index >= 15 is 0 Å². The summed E-state index contributed by atoms with van der Waals surface area (Å²) in [6.45, 7) is 6.88. The van der Waals surface area contributed by atoms with E-state index in [1.165, 1.54) is 0 Å². The smallest absolute Gasteiger partial charge is 0.207 e. The first kappa shape index (κ1) is 9.96. The molecule has 2 heterocycles. The zero-order valence-electron chi connectivity index (χ0n) is 9.22. The van der Waals surface area contributed by atoms with Gasteiger partial charge in [-0.15, -0.1) is 0 Å². The van der Waals surface area contributed by atoms with E-state index in [-0.39, 0.29) is 0 Å². The molecule has 0 radical (unpaired) electrons. The third-order valence-corrected chi connectivity index (χ3v) is 2.35. The average Bonchev–Trinajstić information content (AvgIpc) is 2.87. The van der Waals surface area contributed by atoms with Crippen molar-refractivity contribution in [1.82, 2.24) is 9.13 Å². The lowest BCUT2D eigenvalue weighted by Crippen LogP contribution is -2.31. The number of aromatic nitrogens is 4. The highest BCUT2D eigenvalue weighted by Gasteiger charge is 1.97. The SMILES string of the molecule is CC[n+]1[c-]n(Cn2[c-][n+](CC)cc2)cc1. The molecule has 0 aliphatic carbocycles. The maximum absolute atomic E-state index is 3.22. The quantitative estimate of drug-likeness (QED) is 0.493. The largest absolute Gasteiger partial charge is 0.351 e. The number of hydrogen-bond donors (Lipinski definition) is 0. The van der Waals surface area contributed by atoms with Crippen LogP contribution in [-0.4, -0.2) is 9.13 Å². The Kier molecular flexibility index (Phi) is 2.85. The van der Waals surface area contributed by atoms with Gasteiger partial charge in [0.05, 0.1) is 13.1 Å². The standard InChI is InChI=1S/C11H16N4/c1-3-12-5-7-14(9-12)11-15-8-6-13(4-2)10-15/h5-8H,3-4,11H2,1-2H3. The Morgan fingerprint density at radius 1 is 0.933 bits per heavy atom. The van der Waals surface area contributed by atoms with Crippen molar-refractivity contribution in [3.8, 4) is 0 Å². The highest BCUT2D eigenvalue weighted by Crippen LogP contribution is 1.88. The van der Waals surface area contributed by atoms with Crippen molar-refractivity contribution >= 4 is 0 Å². The van der Waals surface area contributed by atoms with Gasteiger partial charge >= 0.3 is 0 Å². The summed E-state index contributed by atoms with van der Waals surface area (Å²) in [6.07, 6.45) is 14.5. The second kappa shape index (κ2) is 4.29. The van der Waals surface area contributed by atoms with Crippen LogP contribution in [0.5, 0.6) is 0 Å². The van der Waals surface area contributed by atoms with Crippen molar-refractivity contribution in [3.05, 3.63) is 37.4 Å². The second-order valence-electron chi connectivity index (χ2n) is 3.45. The summed E-state index contributed by atoms with van der Waals surface area (Å²) in [6, 6.07) is 0. The highest BCUT2D eigenvalue weighted by atomic mass is 15.2. The Balaban J connectivity index is 2.07. The fourth-order valence-corrected chi connectivity index (χ4v) is 1.46. The molecule has 0 N–H and O–H groups in total. The molecule has 15 heavy (non-hydrogen) atoms. The van der Waals surface area contributed by atoms with E-state index in [4.69, 9.17) is 0 Å². The van der Waals surface area contributed by atoms with Crippen LogP contribution in [-0.2, 0) is 19.8 Å². The molecule has 0 aliphatic heterocycles. The third kappa shape index (κ3) is 2.26. The molecule has 4 nitrogen and oxygen atoms in total. The molecule has 2 aromatic rings. The van der Waals surface area contributed by atoms with Crippen molar-refractivity contribution in [1.29, 1.82) is 0 Å². The van der Waals surface area contributed by atoms with Crippen LogP contribution < -0.4 is 9.13 Å². The van der Waals surface area contributed by atoms with Gasteiger partial charge in [0.25, 0.3) is 0 Å². The number of nitrogens with zero attached hydrogens (tertiary/aromatic N) is 4. The molecule has 0 amide bonds. The first-order valence-corrected chi connectivity index (χ1v) is 5.27. The van der Waals surface area contributed by atoms with Gasteiger partial charge in [0.2, 0.25) is 12.7 Å². The Hall–Kier alpha value is -1.58. The maximum atomic E-state index is 3.22. The van der Waals surface area contributed by atoms with Gasteiger partial charge in [0.15, 0.2) is 6.67 Å². The van der Waals surface area contributed by atoms with Crippen molar-refractivity contribution < 1.29 is 9.13 Å². The van der Waals surface area contributed by atoms with Crippen LogP contribution in [0.15, 0.2) is 24.8 Å². The van der Waals surface area contributed by atoms with E-state index in [1.54, 1.807) is 0 Å². The lowest BCUT2D eigenvalue weighted by Gasteiger charge is -2.00. The topological polar surface area (TPSA) is 17.6 Å². The molecule has 0 fully saturated rings. The van der Waals surface area contributed by atoms with Crippen molar-refractivity contribution in [2.75, 3.05) is 0 Å². The molecule has 2 rings (SSSR count). The molecule has 0 aliphatic rings. The molecule has 4 heteroatoms. The zero-order chi connectivity index (χ0) is 10.7. The van der Waals surface area contributed by atoms with E-state index in [2.05, 4.69) is 26.5 Å². The third-order valence-electron chi connectivity index (χ3n) is 2.35. The minimum atomic E-state index is 0.764. The highest BCUT2D eigenvalue weighted by molar-refractivity contribution is 4.69. The van der Waals surface area contributed by atoms with E-state index in [0.29, 0.717) is 0 Å². The molecule has 0 saturated carbocycles. The van der Waals surface area contributed by atoms with Crippen LogP contribution in [0.3, 0.4) is 0 Å². The Labute approximate surface area is 90.0 Å². The number of hydrogen-bond acceptors (Lipinski definition) is 0. The molecule has 0 bridgehead atoms. The van der Waals surface area contributed by atoms with Gasteiger partial charge in [-0.2, -0.15) is 0 Å². The summed E-state index contributed by atoms with van der Waals surface area (Å²) in [5.74, 6) is 0. The van der Waals surface area contributed by atoms with Gasteiger partial charge in [-0.25, -0.2) is 0 Å². The second-order valence-corrected chi connectivity index (χ2v) is 3.45. The van der Waals surface area contributed by atoms with Gasteiger partial charge < -0.3 is 18.3 Å². The molecule has 0 spiro atoms. The summed E-state index contributed by atoms with van der Waals surface area (Å²) < 4.78 is 8.08. The lowest BCUT2D eigenvalue weighted by atomic mass is 10.7. The molecule has 0 aromatic carbocycles. The van der Waals surface area contributed by atoms with E-state index in [0.717, 1.165) is 19.8 Å². The fraction of sp³-hybridized carbons (Fsp3) is 0.455. The van der Waals surface area contributed by atoms with Crippen LogP contribution in [0.4, 0.5) is 0 Å². The maximum Gasteiger partial charge on any atom is 0.207 e. The van der Waals surface area contributed by atoms with Crippen molar-refractivity contribution in [2.24, 2.45) is 0 Å². The molecule has 0 atom stereocenters. The Morgan fingerprint density at radius 3 is 1.73 bits per heavy atom. The first-order valence-electron chi connectivity index (χ1n) is 5.27. The predicted octanol–water partition coefficient (Wildman–Crippen LogP) is 0.0106. The average molecular weight is 204 g/mol. The van der Waals surface area contributed by atoms with Crippen LogP contribution in [0.2, 0.25) is 0 Å². The number of imidazole rings is 2. The summed E-state index contributed by atoms with van der Waals surface area (Å²) in [7, 11) is 0. The first-order chi connectivity index (χ1) is 7.31. The van der Waals surface area contributed by atoms with Crippen molar-refractivity contribution in [3.63, 3.8) is 0 Å². The fourth-order valence-electron chi connectivity index (χ4n) is 1.46. The molecule has 80 valence electrons. The van der Waals surface area contributed by atoms with Crippen LogP contribution in [0.1, 0.15) is 13.8 Å². The molecular formula is C11H16N4. The lowest BCUT2D eigenvalue weighted by molar-refractivity contribution is -0.698. The van der Waals surface area contributed by atoms with Gasteiger partial charge in [-0.3, -0.25) is 0 Å². The minimum Gasteiger partial charge on any atom is -0.351 e. The zero-order valence-corrected chi connectivity index (χ0v) is 9.22.